The summed E-state index contributed by atoms with van der Waals surface area (Å²) in [7, 11) is 0. The van der Waals surface area contributed by atoms with Gasteiger partial charge in [0.15, 0.2) is 0 Å². The topological polar surface area (TPSA) is 64.4 Å². The van der Waals surface area contributed by atoms with Gasteiger partial charge in [0.1, 0.15) is 18.1 Å². The molecule has 15 heavy (non-hydrogen) atoms. The van der Waals surface area contributed by atoms with Crippen molar-refractivity contribution < 1.29 is 14.6 Å². The number of rotatable bonds is 5. The number of carboxylic acid groups (broad SMARTS) is 1. The zero-order valence-electron chi connectivity index (χ0n) is 9.23. The lowest BCUT2D eigenvalue weighted by Crippen LogP contribution is -2.12. The van der Waals surface area contributed by atoms with Gasteiger partial charge in [-0.2, -0.15) is 0 Å². The van der Waals surface area contributed by atoms with E-state index < -0.39 is 5.97 Å². The van der Waals surface area contributed by atoms with Crippen LogP contribution >= 0.6 is 0 Å². The Bertz CT molecular complexity index is 344. The summed E-state index contributed by atoms with van der Waals surface area (Å²) in [6, 6.07) is 0. The summed E-state index contributed by atoms with van der Waals surface area (Å²) in [5.41, 5.74) is 0.208. The van der Waals surface area contributed by atoms with Crippen LogP contribution in [0.5, 0.6) is 0 Å². The standard InChI is InChI=1S/C10H16N2O3/c1-4-12-8(10(13)14)5-11-9(12)6-15-7(2)3/h5,7H,4,6H2,1-3H3,(H,13,14). The van der Waals surface area contributed by atoms with Gasteiger partial charge in [0.2, 0.25) is 0 Å². The Balaban J connectivity index is 2.84. The van der Waals surface area contributed by atoms with Gasteiger partial charge >= 0.3 is 5.97 Å². The summed E-state index contributed by atoms with van der Waals surface area (Å²) in [6.07, 6.45) is 1.48. The Morgan fingerprint density at radius 3 is 2.80 bits per heavy atom. The first-order valence-corrected chi connectivity index (χ1v) is 4.95. The molecule has 0 atom stereocenters. The van der Waals surface area contributed by atoms with Crippen LogP contribution < -0.4 is 0 Å². The van der Waals surface area contributed by atoms with Crippen LogP contribution in [-0.4, -0.2) is 26.7 Å². The van der Waals surface area contributed by atoms with Crippen LogP contribution in [0, 0.1) is 0 Å². The maximum atomic E-state index is 10.8. The zero-order valence-corrected chi connectivity index (χ0v) is 9.23. The number of imidazole rings is 1. The van der Waals surface area contributed by atoms with E-state index in [2.05, 4.69) is 4.98 Å². The van der Waals surface area contributed by atoms with Gasteiger partial charge in [0, 0.05) is 6.54 Å². The molecule has 1 rings (SSSR count). The van der Waals surface area contributed by atoms with E-state index in [0.29, 0.717) is 19.0 Å². The van der Waals surface area contributed by atoms with Gasteiger partial charge in [0.05, 0.1) is 12.3 Å². The van der Waals surface area contributed by atoms with E-state index in [-0.39, 0.29) is 11.8 Å². The second-order valence-electron chi connectivity index (χ2n) is 3.47. The molecule has 0 saturated heterocycles. The van der Waals surface area contributed by atoms with Crippen molar-refractivity contribution in [1.29, 1.82) is 0 Å². The van der Waals surface area contributed by atoms with E-state index in [0.717, 1.165) is 0 Å². The highest BCUT2D eigenvalue weighted by Crippen LogP contribution is 2.08. The lowest BCUT2D eigenvalue weighted by atomic mass is 10.4. The summed E-state index contributed by atoms with van der Waals surface area (Å²) in [5.74, 6) is -0.302. The van der Waals surface area contributed by atoms with Crippen LogP contribution in [0.2, 0.25) is 0 Å². The minimum Gasteiger partial charge on any atom is -0.477 e. The third-order valence-electron chi connectivity index (χ3n) is 2.02. The van der Waals surface area contributed by atoms with E-state index in [4.69, 9.17) is 9.84 Å². The fraction of sp³-hybridized carbons (Fsp3) is 0.600. The fourth-order valence-corrected chi connectivity index (χ4v) is 1.29. The average Bonchev–Trinajstić information content (AvgIpc) is 2.57. The number of nitrogens with zero attached hydrogens (tertiary/aromatic N) is 2. The maximum absolute atomic E-state index is 10.8. The molecule has 0 amide bonds. The third kappa shape index (κ3) is 2.79. The van der Waals surface area contributed by atoms with Crippen molar-refractivity contribution in [2.45, 2.75) is 40.0 Å². The molecular weight excluding hydrogens is 196 g/mol. The van der Waals surface area contributed by atoms with E-state index in [9.17, 15) is 4.79 Å². The molecule has 0 unspecified atom stereocenters. The summed E-state index contributed by atoms with van der Waals surface area (Å²) in [5, 5.41) is 8.89. The minimum atomic E-state index is -0.958. The van der Waals surface area contributed by atoms with E-state index >= 15 is 0 Å². The number of aromatic nitrogens is 2. The molecule has 0 aliphatic carbocycles. The van der Waals surface area contributed by atoms with Crippen LogP contribution in [0.25, 0.3) is 0 Å². The average molecular weight is 212 g/mol. The molecule has 5 heteroatoms. The summed E-state index contributed by atoms with van der Waals surface area (Å²) in [4.78, 5) is 14.9. The Hall–Kier alpha value is -1.36. The van der Waals surface area contributed by atoms with Gasteiger partial charge in [-0.05, 0) is 20.8 Å². The van der Waals surface area contributed by atoms with Crippen molar-refractivity contribution in [1.82, 2.24) is 9.55 Å². The summed E-state index contributed by atoms with van der Waals surface area (Å²) in [6.45, 7) is 6.67. The number of hydrogen-bond donors (Lipinski definition) is 1. The number of ether oxygens (including phenoxy) is 1. The Morgan fingerprint density at radius 1 is 1.67 bits per heavy atom. The lowest BCUT2D eigenvalue weighted by molar-refractivity contribution is 0.0587. The van der Waals surface area contributed by atoms with Crippen molar-refractivity contribution in [2.75, 3.05) is 0 Å². The van der Waals surface area contributed by atoms with Crippen molar-refractivity contribution >= 4 is 5.97 Å². The molecule has 0 fully saturated rings. The number of hydrogen-bond acceptors (Lipinski definition) is 3. The third-order valence-corrected chi connectivity index (χ3v) is 2.02. The molecule has 84 valence electrons. The van der Waals surface area contributed by atoms with Gasteiger partial charge in [-0.25, -0.2) is 9.78 Å². The van der Waals surface area contributed by atoms with Gasteiger partial charge in [-0.1, -0.05) is 0 Å². The Morgan fingerprint density at radius 2 is 2.33 bits per heavy atom. The first kappa shape index (κ1) is 11.7. The Labute approximate surface area is 88.7 Å². The van der Waals surface area contributed by atoms with E-state index in [1.54, 1.807) is 4.57 Å². The first-order valence-electron chi connectivity index (χ1n) is 4.95. The molecule has 1 heterocycles. The molecule has 0 aliphatic heterocycles. The van der Waals surface area contributed by atoms with Crippen LogP contribution in [0.15, 0.2) is 6.20 Å². The van der Waals surface area contributed by atoms with Crippen LogP contribution in [0.3, 0.4) is 0 Å². The SMILES string of the molecule is CCn1c(C(=O)O)cnc1COC(C)C. The van der Waals surface area contributed by atoms with E-state index in [1.807, 2.05) is 20.8 Å². The molecule has 0 spiro atoms. The van der Waals surface area contributed by atoms with Crippen LogP contribution in [0.1, 0.15) is 37.1 Å². The zero-order chi connectivity index (χ0) is 11.4. The normalized spacial score (nSPS) is 10.9. The molecule has 0 aromatic carbocycles. The van der Waals surface area contributed by atoms with E-state index in [1.165, 1.54) is 6.20 Å². The minimum absolute atomic E-state index is 0.111. The number of carboxylic acids is 1. The smallest absolute Gasteiger partial charge is 0.354 e. The van der Waals surface area contributed by atoms with Gasteiger partial charge in [-0.15, -0.1) is 0 Å². The van der Waals surface area contributed by atoms with Gasteiger partial charge in [-0.3, -0.25) is 0 Å². The second kappa shape index (κ2) is 4.93. The lowest BCUT2D eigenvalue weighted by Gasteiger charge is -2.09. The van der Waals surface area contributed by atoms with Gasteiger partial charge < -0.3 is 14.4 Å². The summed E-state index contributed by atoms with van der Waals surface area (Å²) < 4.78 is 7.03. The highest BCUT2D eigenvalue weighted by molar-refractivity contribution is 5.85. The predicted octanol–water partition coefficient (Wildman–Crippen LogP) is 1.53. The number of aromatic carboxylic acids is 1. The van der Waals surface area contributed by atoms with Crippen molar-refractivity contribution in [3.05, 3.63) is 17.7 Å². The Kier molecular flexibility index (Phi) is 3.85. The molecule has 0 aliphatic rings. The highest BCUT2D eigenvalue weighted by atomic mass is 16.5. The van der Waals surface area contributed by atoms with Crippen molar-refractivity contribution in [3.8, 4) is 0 Å². The molecule has 5 nitrogen and oxygen atoms in total. The van der Waals surface area contributed by atoms with Crippen LogP contribution in [-0.2, 0) is 17.9 Å². The second-order valence-corrected chi connectivity index (χ2v) is 3.47. The first-order chi connectivity index (χ1) is 7.06. The largest absolute Gasteiger partial charge is 0.477 e. The molecule has 1 aromatic heterocycles. The molecule has 0 radical (unpaired) electrons. The predicted molar refractivity (Wildman–Crippen MR) is 54.8 cm³/mol. The van der Waals surface area contributed by atoms with Crippen molar-refractivity contribution in [2.24, 2.45) is 0 Å². The molecule has 0 saturated carbocycles. The monoisotopic (exact) mass is 212 g/mol. The molecule has 1 aromatic rings. The van der Waals surface area contributed by atoms with Gasteiger partial charge in [0.25, 0.3) is 0 Å². The molecule has 0 bridgehead atoms. The number of carbonyl (C=O) groups is 1. The highest BCUT2D eigenvalue weighted by Gasteiger charge is 2.14. The molecular formula is C10H16N2O3. The molecule has 1 N–H and O–H groups in total. The van der Waals surface area contributed by atoms with Crippen molar-refractivity contribution in [3.63, 3.8) is 0 Å². The van der Waals surface area contributed by atoms with Crippen LogP contribution in [0.4, 0.5) is 0 Å². The fourth-order valence-electron chi connectivity index (χ4n) is 1.29. The maximum Gasteiger partial charge on any atom is 0.354 e. The summed E-state index contributed by atoms with van der Waals surface area (Å²) >= 11 is 0. The quantitative estimate of drug-likeness (QED) is 0.803.